The second-order valence-corrected chi connectivity index (χ2v) is 9.25. The Labute approximate surface area is 205 Å². The van der Waals surface area contributed by atoms with E-state index in [1.165, 1.54) is 0 Å². The molecule has 1 atom stereocenters. The Morgan fingerprint density at radius 2 is 1.74 bits per heavy atom. The van der Waals surface area contributed by atoms with E-state index < -0.39 is 5.54 Å². The number of hydrogen-bond donors (Lipinski definition) is 1. The summed E-state index contributed by atoms with van der Waals surface area (Å²) in [5.74, 6) is 1.31. The van der Waals surface area contributed by atoms with Crippen molar-refractivity contribution < 1.29 is 23.8 Å². The summed E-state index contributed by atoms with van der Waals surface area (Å²) in [6.07, 6.45) is 1.77. The summed E-state index contributed by atoms with van der Waals surface area (Å²) < 4.78 is 16.3. The maximum Gasteiger partial charge on any atom is 0.414 e. The third-order valence-electron chi connectivity index (χ3n) is 7.41. The lowest BCUT2D eigenvalue weighted by Gasteiger charge is -2.43. The normalized spacial score (nSPS) is 21.8. The van der Waals surface area contributed by atoms with E-state index in [2.05, 4.69) is 27.2 Å². The number of amides is 2. The lowest BCUT2D eigenvalue weighted by molar-refractivity contribution is -0.125. The van der Waals surface area contributed by atoms with E-state index in [1.807, 2.05) is 24.3 Å². The highest BCUT2D eigenvalue weighted by Crippen LogP contribution is 2.37. The van der Waals surface area contributed by atoms with Crippen LogP contribution < -0.4 is 24.6 Å². The number of nitrogens with one attached hydrogen (secondary N) is 1. The van der Waals surface area contributed by atoms with Crippen LogP contribution in [0.25, 0.3) is 0 Å². The number of rotatable bonds is 7. The maximum absolute atomic E-state index is 12.9. The molecule has 2 aromatic carbocycles. The zero-order valence-corrected chi connectivity index (χ0v) is 20.2. The molecule has 0 saturated carbocycles. The van der Waals surface area contributed by atoms with Crippen LogP contribution in [0.2, 0.25) is 0 Å². The van der Waals surface area contributed by atoms with E-state index in [0.29, 0.717) is 24.7 Å². The smallest absolute Gasteiger partial charge is 0.414 e. The number of methoxy groups -OCH3 is 2. The first kappa shape index (κ1) is 23.3. The minimum absolute atomic E-state index is 0.122. The number of benzene rings is 2. The molecular weight excluding hydrogens is 448 g/mol. The fourth-order valence-corrected chi connectivity index (χ4v) is 5.38. The molecule has 2 aromatic rings. The molecule has 0 bridgehead atoms. The molecule has 35 heavy (non-hydrogen) atoms. The van der Waals surface area contributed by atoms with E-state index in [9.17, 15) is 9.59 Å². The monoisotopic (exact) mass is 480 g/mol. The highest BCUT2D eigenvalue weighted by molar-refractivity contribution is 5.93. The van der Waals surface area contributed by atoms with Gasteiger partial charge in [0.1, 0.15) is 11.6 Å². The number of likely N-dealkylation sites (tertiary alicyclic amines) is 1. The first-order valence-corrected chi connectivity index (χ1v) is 12.1. The van der Waals surface area contributed by atoms with Gasteiger partial charge in [-0.05, 0) is 43.5 Å². The summed E-state index contributed by atoms with van der Waals surface area (Å²) in [5, 5.41) is 3.05. The van der Waals surface area contributed by atoms with Crippen molar-refractivity contribution >= 4 is 23.4 Å². The zero-order valence-electron chi connectivity index (χ0n) is 20.2. The van der Waals surface area contributed by atoms with Crippen molar-refractivity contribution in [2.24, 2.45) is 0 Å². The standard InChI is InChI=1S/C26H32N4O5/c1-33-22-9-8-20(16-23(22)34-2)29-17-21(35-25(29)32)10-13-28-14-11-26(12-15-28)24(31)27-18-30(26)19-6-4-3-5-7-19/h3-9,16,21H,10-15,17-18H2,1-2H3,(H,27,31). The van der Waals surface area contributed by atoms with Gasteiger partial charge in [0.2, 0.25) is 5.91 Å². The number of cyclic esters (lactones) is 1. The van der Waals surface area contributed by atoms with Crippen LogP contribution in [0, 0.1) is 0 Å². The fraction of sp³-hybridized carbons (Fsp3) is 0.462. The molecule has 9 nitrogen and oxygen atoms in total. The van der Waals surface area contributed by atoms with Gasteiger partial charge in [-0.3, -0.25) is 9.69 Å². The topological polar surface area (TPSA) is 83.6 Å². The minimum atomic E-state index is -0.484. The molecule has 3 fully saturated rings. The molecule has 0 aromatic heterocycles. The zero-order chi connectivity index (χ0) is 24.4. The Bertz CT molecular complexity index is 1070. The molecule has 3 aliphatic heterocycles. The van der Waals surface area contributed by atoms with Gasteiger partial charge in [-0.25, -0.2) is 4.79 Å². The number of piperidine rings is 1. The summed E-state index contributed by atoms with van der Waals surface area (Å²) in [5.41, 5.74) is 1.32. The molecule has 0 radical (unpaired) electrons. The van der Waals surface area contributed by atoms with Gasteiger partial charge < -0.3 is 29.3 Å². The molecule has 1 N–H and O–H groups in total. The lowest BCUT2D eigenvalue weighted by atomic mass is 9.85. The molecule has 1 unspecified atom stereocenters. The van der Waals surface area contributed by atoms with Gasteiger partial charge in [-0.1, -0.05) is 18.2 Å². The van der Waals surface area contributed by atoms with Crippen molar-refractivity contribution in [3.05, 3.63) is 48.5 Å². The van der Waals surface area contributed by atoms with Crippen LogP contribution in [0.4, 0.5) is 16.2 Å². The van der Waals surface area contributed by atoms with E-state index in [4.69, 9.17) is 14.2 Å². The van der Waals surface area contributed by atoms with Gasteiger partial charge in [0.15, 0.2) is 11.5 Å². The average Bonchev–Trinajstić information content (AvgIpc) is 3.43. The third kappa shape index (κ3) is 4.36. The predicted molar refractivity (Wildman–Crippen MR) is 132 cm³/mol. The summed E-state index contributed by atoms with van der Waals surface area (Å²) in [6, 6.07) is 15.5. The van der Waals surface area contributed by atoms with Crippen LogP contribution in [-0.4, -0.2) is 75.6 Å². The van der Waals surface area contributed by atoms with Crippen molar-refractivity contribution in [3.8, 4) is 11.5 Å². The fourth-order valence-electron chi connectivity index (χ4n) is 5.38. The van der Waals surface area contributed by atoms with Crippen LogP contribution in [0.1, 0.15) is 19.3 Å². The number of para-hydroxylation sites is 1. The van der Waals surface area contributed by atoms with Crippen molar-refractivity contribution in [2.75, 3.05) is 56.9 Å². The number of carbonyl (C=O) groups is 2. The number of ether oxygens (including phenoxy) is 3. The Kier molecular flexibility index (Phi) is 6.42. The van der Waals surface area contributed by atoms with Crippen LogP contribution >= 0.6 is 0 Å². The molecule has 1 spiro atoms. The van der Waals surface area contributed by atoms with Gasteiger partial charge in [0.25, 0.3) is 0 Å². The van der Waals surface area contributed by atoms with E-state index >= 15 is 0 Å². The lowest BCUT2D eigenvalue weighted by Crippen LogP contribution is -2.56. The molecule has 9 heteroatoms. The molecular formula is C26H32N4O5. The average molecular weight is 481 g/mol. The summed E-state index contributed by atoms with van der Waals surface area (Å²) in [4.78, 5) is 31.6. The SMILES string of the molecule is COc1ccc(N2CC(CCN3CCC4(CC3)C(=O)NCN4c3ccccc3)OC2=O)cc1OC. The van der Waals surface area contributed by atoms with Crippen LogP contribution in [0.5, 0.6) is 11.5 Å². The van der Waals surface area contributed by atoms with Crippen molar-refractivity contribution in [1.82, 2.24) is 10.2 Å². The molecule has 5 rings (SSSR count). The van der Waals surface area contributed by atoms with Gasteiger partial charge >= 0.3 is 6.09 Å². The van der Waals surface area contributed by atoms with Crippen molar-refractivity contribution in [3.63, 3.8) is 0 Å². The number of carbonyl (C=O) groups excluding carboxylic acids is 2. The molecule has 3 heterocycles. The minimum Gasteiger partial charge on any atom is -0.493 e. The second kappa shape index (κ2) is 9.65. The van der Waals surface area contributed by atoms with E-state index in [-0.39, 0.29) is 18.1 Å². The number of nitrogens with zero attached hydrogens (tertiary/aromatic N) is 3. The van der Waals surface area contributed by atoms with Crippen molar-refractivity contribution in [2.45, 2.75) is 30.9 Å². The molecule has 3 aliphatic rings. The number of hydrogen-bond acceptors (Lipinski definition) is 7. The Morgan fingerprint density at radius 3 is 2.46 bits per heavy atom. The molecule has 0 aliphatic carbocycles. The molecule has 186 valence electrons. The first-order chi connectivity index (χ1) is 17.0. The molecule has 3 saturated heterocycles. The largest absolute Gasteiger partial charge is 0.493 e. The summed E-state index contributed by atoms with van der Waals surface area (Å²) in [7, 11) is 3.15. The van der Waals surface area contributed by atoms with Crippen LogP contribution in [-0.2, 0) is 9.53 Å². The van der Waals surface area contributed by atoms with Crippen LogP contribution in [0.3, 0.4) is 0 Å². The van der Waals surface area contributed by atoms with Gasteiger partial charge in [-0.15, -0.1) is 0 Å². The van der Waals surface area contributed by atoms with Crippen LogP contribution in [0.15, 0.2) is 48.5 Å². The Hall–Kier alpha value is -3.46. The quantitative estimate of drug-likeness (QED) is 0.653. The second-order valence-electron chi connectivity index (χ2n) is 9.25. The molecule has 2 amide bonds. The number of anilines is 2. The van der Waals surface area contributed by atoms with Crippen molar-refractivity contribution in [1.29, 1.82) is 0 Å². The van der Waals surface area contributed by atoms with Gasteiger partial charge in [0.05, 0.1) is 33.1 Å². The highest BCUT2D eigenvalue weighted by atomic mass is 16.6. The van der Waals surface area contributed by atoms with E-state index in [1.54, 1.807) is 31.3 Å². The maximum atomic E-state index is 12.9. The Balaban J connectivity index is 1.16. The third-order valence-corrected chi connectivity index (χ3v) is 7.41. The Morgan fingerprint density at radius 1 is 1.00 bits per heavy atom. The van der Waals surface area contributed by atoms with Gasteiger partial charge in [0, 0.05) is 31.4 Å². The summed E-state index contributed by atoms with van der Waals surface area (Å²) >= 11 is 0. The summed E-state index contributed by atoms with van der Waals surface area (Å²) in [6.45, 7) is 3.53. The van der Waals surface area contributed by atoms with E-state index in [0.717, 1.165) is 50.3 Å². The van der Waals surface area contributed by atoms with Gasteiger partial charge in [-0.2, -0.15) is 0 Å². The first-order valence-electron chi connectivity index (χ1n) is 12.1. The highest BCUT2D eigenvalue weighted by Gasteiger charge is 2.50. The predicted octanol–water partition coefficient (Wildman–Crippen LogP) is 2.85.